The van der Waals surface area contributed by atoms with Gasteiger partial charge in [-0.2, -0.15) is 4.68 Å². The summed E-state index contributed by atoms with van der Waals surface area (Å²) >= 11 is 7.25. The fraction of sp³-hybridized carbons (Fsp3) is 0.105. The van der Waals surface area contributed by atoms with E-state index in [-0.39, 0.29) is 11.7 Å². The minimum absolute atomic E-state index is 0.125. The predicted octanol–water partition coefficient (Wildman–Crippen LogP) is 3.60. The molecule has 0 radical (unpaired) electrons. The Kier molecular flexibility index (Phi) is 5.59. The number of fused-ring (bicyclic) bond motifs is 1. The van der Waals surface area contributed by atoms with E-state index in [0.717, 1.165) is 5.69 Å². The molecule has 0 aliphatic heterocycles. The van der Waals surface area contributed by atoms with Crippen LogP contribution in [0.25, 0.3) is 16.9 Å². The lowest BCUT2D eigenvalue weighted by Gasteiger charge is -2.10. The van der Waals surface area contributed by atoms with Gasteiger partial charge in [0.1, 0.15) is 17.1 Å². The number of anilines is 1. The number of ether oxygens (including phenoxy) is 1. The van der Waals surface area contributed by atoms with Crippen molar-refractivity contribution in [2.45, 2.75) is 5.03 Å². The quantitative estimate of drug-likeness (QED) is 0.371. The Hall–Kier alpha value is -3.17. The van der Waals surface area contributed by atoms with Crippen molar-refractivity contribution in [2.75, 3.05) is 18.2 Å². The third-order valence-corrected chi connectivity index (χ3v) is 5.19. The van der Waals surface area contributed by atoms with E-state index in [0.29, 0.717) is 32.6 Å². The van der Waals surface area contributed by atoms with Gasteiger partial charge in [0, 0.05) is 5.02 Å². The SMILES string of the molecule is COc1ccc(Cl)cc1NC(=O)CSc1ncnc2c1nnn2-c1ccccc1. The summed E-state index contributed by atoms with van der Waals surface area (Å²) in [4.78, 5) is 21.0. The maximum atomic E-state index is 12.4. The molecule has 2 aromatic heterocycles. The standard InChI is InChI=1S/C19H15ClN6O2S/c1-28-15-8-7-12(20)9-14(15)23-16(27)10-29-19-17-18(21-11-22-19)26(25-24-17)13-5-3-2-4-6-13/h2-9,11H,10H2,1H3,(H,23,27). The average molecular weight is 427 g/mol. The molecule has 2 aromatic carbocycles. The predicted molar refractivity (Wildman–Crippen MR) is 112 cm³/mol. The number of benzene rings is 2. The molecule has 10 heteroatoms. The van der Waals surface area contributed by atoms with Gasteiger partial charge in [-0.1, -0.05) is 46.8 Å². The Bertz CT molecular complexity index is 1170. The number of amides is 1. The lowest BCUT2D eigenvalue weighted by molar-refractivity contribution is -0.113. The number of para-hydroxylation sites is 1. The van der Waals surface area contributed by atoms with Gasteiger partial charge in [0.25, 0.3) is 0 Å². The summed E-state index contributed by atoms with van der Waals surface area (Å²) in [7, 11) is 1.53. The van der Waals surface area contributed by atoms with E-state index in [9.17, 15) is 4.79 Å². The second-order valence-corrected chi connectivity index (χ2v) is 7.27. The second-order valence-electron chi connectivity index (χ2n) is 5.87. The first-order chi connectivity index (χ1) is 14.2. The molecule has 1 N–H and O–H groups in total. The summed E-state index contributed by atoms with van der Waals surface area (Å²) in [6.07, 6.45) is 1.44. The van der Waals surface area contributed by atoms with Crippen molar-refractivity contribution in [3.8, 4) is 11.4 Å². The van der Waals surface area contributed by atoms with Crippen LogP contribution in [0.15, 0.2) is 59.9 Å². The Morgan fingerprint density at radius 1 is 1.21 bits per heavy atom. The minimum atomic E-state index is -0.224. The summed E-state index contributed by atoms with van der Waals surface area (Å²) in [5, 5.41) is 12.2. The number of aromatic nitrogens is 5. The number of thioether (sulfide) groups is 1. The monoisotopic (exact) mass is 426 g/mol. The van der Waals surface area contributed by atoms with Crippen molar-refractivity contribution in [3.63, 3.8) is 0 Å². The van der Waals surface area contributed by atoms with Gasteiger partial charge in [-0.3, -0.25) is 4.79 Å². The molecule has 0 aliphatic carbocycles. The minimum Gasteiger partial charge on any atom is -0.495 e. The van der Waals surface area contributed by atoms with Crippen LogP contribution in [0.1, 0.15) is 0 Å². The second kappa shape index (κ2) is 8.46. The molecule has 0 saturated carbocycles. The molecule has 0 unspecified atom stereocenters. The third kappa shape index (κ3) is 4.15. The van der Waals surface area contributed by atoms with E-state index in [1.807, 2.05) is 30.3 Å². The number of rotatable bonds is 6. The van der Waals surface area contributed by atoms with Crippen molar-refractivity contribution < 1.29 is 9.53 Å². The molecule has 4 rings (SSSR count). The van der Waals surface area contributed by atoms with Crippen LogP contribution >= 0.6 is 23.4 Å². The van der Waals surface area contributed by atoms with Gasteiger partial charge in [0.15, 0.2) is 11.2 Å². The largest absolute Gasteiger partial charge is 0.495 e. The van der Waals surface area contributed by atoms with E-state index in [1.54, 1.807) is 22.9 Å². The van der Waals surface area contributed by atoms with E-state index in [1.165, 1.54) is 25.2 Å². The van der Waals surface area contributed by atoms with Crippen LogP contribution in [0, 0.1) is 0 Å². The molecule has 2 heterocycles. The van der Waals surface area contributed by atoms with Crippen LogP contribution < -0.4 is 10.1 Å². The Morgan fingerprint density at radius 3 is 2.83 bits per heavy atom. The molecule has 29 heavy (non-hydrogen) atoms. The zero-order valence-electron chi connectivity index (χ0n) is 15.2. The highest BCUT2D eigenvalue weighted by atomic mass is 35.5. The van der Waals surface area contributed by atoms with Crippen LogP contribution in [0.5, 0.6) is 5.75 Å². The van der Waals surface area contributed by atoms with Gasteiger partial charge in [0.05, 0.1) is 24.2 Å². The maximum absolute atomic E-state index is 12.4. The van der Waals surface area contributed by atoms with Crippen LogP contribution in [0.2, 0.25) is 5.02 Å². The van der Waals surface area contributed by atoms with E-state index in [2.05, 4.69) is 25.6 Å². The van der Waals surface area contributed by atoms with Gasteiger partial charge in [-0.15, -0.1) is 5.10 Å². The molecular formula is C19H15ClN6O2S. The molecule has 0 bridgehead atoms. The summed E-state index contributed by atoms with van der Waals surface area (Å²) in [5.41, 5.74) is 2.46. The lowest BCUT2D eigenvalue weighted by atomic mass is 10.3. The van der Waals surface area contributed by atoms with Gasteiger partial charge in [-0.05, 0) is 30.3 Å². The first-order valence-corrected chi connectivity index (χ1v) is 9.90. The number of halogens is 1. The molecule has 0 aliphatic rings. The lowest BCUT2D eigenvalue weighted by Crippen LogP contribution is -2.15. The Morgan fingerprint density at radius 2 is 2.03 bits per heavy atom. The zero-order valence-corrected chi connectivity index (χ0v) is 16.8. The molecule has 1 amide bonds. The normalized spacial score (nSPS) is 10.8. The van der Waals surface area contributed by atoms with E-state index in [4.69, 9.17) is 16.3 Å². The topological polar surface area (TPSA) is 94.8 Å². The van der Waals surface area contributed by atoms with Crippen LogP contribution in [-0.2, 0) is 4.79 Å². The van der Waals surface area contributed by atoms with Crippen LogP contribution in [0.4, 0.5) is 5.69 Å². The van der Waals surface area contributed by atoms with Crippen LogP contribution in [0.3, 0.4) is 0 Å². The van der Waals surface area contributed by atoms with E-state index < -0.39 is 0 Å². The highest BCUT2D eigenvalue weighted by Gasteiger charge is 2.15. The van der Waals surface area contributed by atoms with Crippen LogP contribution in [-0.4, -0.2) is 43.7 Å². The highest BCUT2D eigenvalue weighted by molar-refractivity contribution is 8.00. The van der Waals surface area contributed by atoms with Gasteiger partial charge in [-0.25, -0.2) is 9.97 Å². The molecule has 0 fully saturated rings. The maximum Gasteiger partial charge on any atom is 0.234 e. The Labute approximate surface area is 175 Å². The highest BCUT2D eigenvalue weighted by Crippen LogP contribution is 2.29. The Balaban J connectivity index is 1.51. The van der Waals surface area contributed by atoms with E-state index >= 15 is 0 Å². The number of nitrogens with zero attached hydrogens (tertiary/aromatic N) is 5. The molecule has 146 valence electrons. The third-order valence-electron chi connectivity index (χ3n) is 3.98. The zero-order chi connectivity index (χ0) is 20.2. The smallest absolute Gasteiger partial charge is 0.234 e. The molecule has 0 spiro atoms. The van der Waals surface area contributed by atoms with Crippen molar-refractivity contribution in [3.05, 3.63) is 59.9 Å². The number of nitrogens with one attached hydrogen (secondary N) is 1. The number of hydrogen-bond donors (Lipinski definition) is 1. The van der Waals surface area contributed by atoms with Gasteiger partial charge in [0.2, 0.25) is 5.91 Å². The number of methoxy groups -OCH3 is 1. The number of hydrogen-bond acceptors (Lipinski definition) is 7. The molecule has 0 atom stereocenters. The summed E-state index contributed by atoms with van der Waals surface area (Å²) in [6, 6.07) is 14.6. The summed E-state index contributed by atoms with van der Waals surface area (Å²) in [6.45, 7) is 0. The fourth-order valence-electron chi connectivity index (χ4n) is 2.68. The van der Waals surface area contributed by atoms with Crippen molar-refractivity contribution in [2.24, 2.45) is 0 Å². The fourth-order valence-corrected chi connectivity index (χ4v) is 3.58. The van der Waals surface area contributed by atoms with Crippen molar-refractivity contribution in [1.82, 2.24) is 25.0 Å². The molecule has 4 aromatic rings. The van der Waals surface area contributed by atoms with Gasteiger partial charge < -0.3 is 10.1 Å². The number of carbonyl (C=O) groups excluding carboxylic acids is 1. The molecule has 0 saturated heterocycles. The van der Waals surface area contributed by atoms with Crippen molar-refractivity contribution in [1.29, 1.82) is 0 Å². The molecule has 8 nitrogen and oxygen atoms in total. The summed E-state index contributed by atoms with van der Waals surface area (Å²) < 4.78 is 6.88. The average Bonchev–Trinajstić information content (AvgIpc) is 3.18. The van der Waals surface area contributed by atoms with Crippen molar-refractivity contribution >= 4 is 46.1 Å². The summed E-state index contributed by atoms with van der Waals surface area (Å²) in [5.74, 6) is 0.431. The molecular weight excluding hydrogens is 412 g/mol. The number of carbonyl (C=O) groups is 1. The first kappa shape index (κ1) is 19.2. The van der Waals surface area contributed by atoms with Gasteiger partial charge >= 0.3 is 0 Å². The first-order valence-electron chi connectivity index (χ1n) is 8.53.